The summed E-state index contributed by atoms with van der Waals surface area (Å²) in [5, 5.41) is -0.219. The quantitative estimate of drug-likeness (QED) is 0.217. The molecule has 51 heavy (non-hydrogen) atoms. The maximum atomic E-state index is 14.3. The Hall–Kier alpha value is -3.03. The molecule has 0 bridgehead atoms. The highest BCUT2D eigenvalue weighted by molar-refractivity contribution is 6.74. The molecule has 284 valence electrons. The lowest BCUT2D eigenvalue weighted by atomic mass is 9.99. The molecule has 0 saturated carbocycles. The maximum Gasteiger partial charge on any atom is 0.414 e. The second kappa shape index (κ2) is 14.8. The summed E-state index contributed by atoms with van der Waals surface area (Å²) in [6.07, 6.45) is 4.18. The number of benzene rings is 1. The first-order valence-corrected chi connectivity index (χ1v) is 20.8. The molecule has 0 spiro atoms. The van der Waals surface area contributed by atoms with Gasteiger partial charge in [0, 0.05) is 12.0 Å². The fourth-order valence-electron chi connectivity index (χ4n) is 5.71. The van der Waals surface area contributed by atoms with Crippen molar-refractivity contribution in [2.24, 2.45) is 5.92 Å². The van der Waals surface area contributed by atoms with Crippen LogP contribution in [-0.2, 0) is 33.2 Å². The van der Waals surface area contributed by atoms with Gasteiger partial charge in [0.15, 0.2) is 17.4 Å². The highest BCUT2D eigenvalue weighted by atomic mass is 28.4. The Kier molecular flexibility index (Phi) is 11.8. The summed E-state index contributed by atoms with van der Waals surface area (Å²) in [5.41, 5.74) is 0.369. The van der Waals surface area contributed by atoms with Gasteiger partial charge in [0.1, 0.15) is 35.2 Å². The topological polar surface area (TPSA) is 119 Å². The van der Waals surface area contributed by atoms with Gasteiger partial charge >= 0.3 is 12.1 Å². The van der Waals surface area contributed by atoms with Crippen LogP contribution >= 0.6 is 0 Å². The van der Waals surface area contributed by atoms with Crippen molar-refractivity contribution in [3.8, 4) is 5.75 Å². The summed E-state index contributed by atoms with van der Waals surface area (Å²) in [7, 11) is -2.57. The van der Waals surface area contributed by atoms with Crippen molar-refractivity contribution in [2.75, 3.05) is 18.1 Å². The molecular formula is C39H59NO10Si. The van der Waals surface area contributed by atoms with E-state index in [2.05, 4.69) is 33.9 Å². The molecule has 1 aromatic carbocycles. The van der Waals surface area contributed by atoms with Gasteiger partial charge in [-0.2, -0.15) is 0 Å². The van der Waals surface area contributed by atoms with E-state index in [9.17, 15) is 14.4 Å². The number of amides is 1. The van der Waals surface area contributed by atoms with Gasteiger partial charge in [0.05, 0.1) is 24.9 Å². The fraction of sp³-hybridized carbons (Fsp3) is 0.667. The van der Waals surface area contributed by atoms with E-state index < -0.39 is 62.0 Å². The first kappa shape index (κ1) is 40.7. The normalized spacial score (nSPS) is 26.9. The van der Waals surface area contributed by atoms with Crippen LogP contribution in [-0.4, -0.2) is 80.9 Å². The predicted molar refractivity (Wildman–Crippen MR) is 198 cm³/mol. The summed E-state index contributed by atoms with van der Waals surface area (Å²) < 4.78 is 43.0. The van der Waals surface area contributed by atoms with E-state index in [-0.39, 0.29) is 35.5 Å². The van der Waals surface area contributed by atoms with Crippen LogP contribution in [0.5, 0.6) is 5.75 Å². The van der Waals surface area contributed by atoms with Crippen molar-refractivity contribution in [1.82, 2.24) is 0 Å². The third kappa shape index (κ3) is 10.3. The summed E-state index contributed by atoms with van der Waals surface area (Å²) >= 11 is 0. The molecule has 0 N–H and O–H groups in total. The minimum Gasteiger partial charge on any atom is -0.543 e. The number of nitrogens with zero attached hydrogens (tertiary/aromatic N) is 1. The molecule has 3 heterocycles. The third-order valence-corrected chi connectivity index (χ3v) is 13.9. The van der Waals surface area contributed by atoms with Crippen molar-refractivity contribution in [1.29, 1.82) is 0 Å². The average molecular weight is 730 g/mol. The van der Waals surface area contributed by atoms with Crippen LogP contribution in [0.25, 0.3) is 6.08 Å². The Labute approximate surface area is 305 Å². The predicted octanol–water partition coefficient (Wildman–Crippen LogP) is 8.21. The van der Waals surface area contributed by atoms with Crippen LogP contribution in [0.4, 0.5) is 10.5 Å². The molecule has 1 aromatic rings. The van der Waals surface area contributed by atoms with Crippen LogP contribution in [0.15, 0.2) is 30.4 Å². The summed E-state index contributed by atoms with van der Waals surface area (Å²) in [6.45, 7) is 27.3. The zero-order valence-electron chi connectivity index (χ0n) is 33.0. The molecule has 3 aliphatic heterocycles. The zero-order valence-corrected chi connectivity index (χ0v) is 34.0. The molecule has 1 unspecified atom stereocenters. The molecule has 3 aliphatic rings. The number of hydrogen-bond donors (Lipinski definition) is 0. The van der Waals surface area contributed by atoms with E-state index in [0.29, 0.717) is 23.4 Å². The Morgan fingerprint density at radius 1 is 0.961 bits per heavy atom. The fourth-order valence-corrected chi connectivity index (χ4v) is 6.72. The van der Waals surface area contributed by atoms with Crippen molar-refractivity contribution in [3.63, 3.8) is 0 Å². The molecule has 4 rings (SSSR count). The highest BCUT2D eigenvalue weighted by Gasteiger charge is 2.44. The molecule has 0 radical (unpaired) electrons. The standard InChI is InChI=1S/C39H59NO10Si/c1-24-18-19-29(41)33-30(47-39(11,12)48-33)17-15-16-26-20-27(40(35(43)49-36(3,4)5)22-28-23-44-38(9,10)46-28)21-31(32(26)34(42)45-25(24)2)50-51(13,14)37(6,7)8/h15-16,18-21,24-25,28,30,33H,17,22-23H2,1-14H3/t24-,25+,28?,30+,33-/m1/s1. The SMILES string of the molecule is C[C@@H]1C=CC(=O)[C@H]2OC(C)(C)O[C@H]2CC=Cc2cc(N(CC3COC(C)(C)O3)C(=O)OC(C)(C)C)cc(O[Si](C)(C)C(C)(C)C)c2C(=O)O[C@H]1C. The van der Waals surface area contributed by atoms with Gasteiger partial charge in [0.2, 0.25) is 0 Å². The number of rotatable bonds is 5. The average Bonchev–Trinajstić information content (AvgIpc) is 3.48. The Balaban J connectivity index is 1.93. The van der Waals surface area contributed by atoms with Crippen molar-refractivity contribution in [3.05, 3.63) is 41.5 Å². The van der Waals surface area contributed by atoms with E-state index in [1.54, 1.807) is 65.8 Å². The van der Waals surface area contributed by atoms with E-state index in [1.807, 2.05) is 26.8 Å². The lowest BCUT2D eigenvalue weighted by Crippen LogP contribution is -2.44. The third-order valence-electron chi connectivity index (χ3n) is 9.60. The number of anilines is 1. The first-order chi connectivity index (χ1) is 23.3. The lowest BCUT2D eigenvalue weighted by Gasteiger charge is -2.37. The Morgan fingerprint density at radius 3 is 2.22 bits per heavy atom. The molecule has 0 aliphatic carbocycles. The lowest BCUT2D eigenvalue weighted by molar-refractivity contribution is -0.152. The van der Waals surface area contributed by atoms with Crippen LogP contribution in [0.1, 0.15) is 105 Å². The summed E-state index contributed by atoms with van der Waals surface area (Å²) in [4.78, 5) is 43.0. The largest absolute Gasteiger partial charge is 0.543 e. The molecule has 5 atom stereocenters. The number of cyclic esters (lactones) is 1. The second-order valence-electron chi connectivity index (χ2n) is 17.3. The first-order valence-electron chi connectivity index (χ1n) is 17.9. The van der Waals surface area contributed by atoms with Gasteiger partial charge in [-0.05, 0) is 97.6 Å². The molecule has 0 aromatic heterocycles. The van der Waals surface area contributed by atoms with Crippen LogP contribution < -0.4 is 9.33 Å². The van der Waals surface area contributed by atoms with Gasteiger partial charge in [-0.3, -0.25) is 9.69 Å². The van der Waals surface area contributed by atoms with Crippen LogP contribution in [0, 0.1) is 5.92 Å². The summed E-state index contributed by atoms with van der Waals surface area (Å²) in [5.74, 6) is -2.56. The number of esters is 1. The van der Waals surface area contributed by atoms with E-state index in [1.165, 1.54) is 11.0 Å². The molecule has 12 heteroatoms. The van der Waals surface area contributed by atoms with Crippen molar-refractivity contribution in [2.45, 2.75) is 149 Å². The van der Waals surface area contributed by atoms with E-state index >= 15 is 0 Å². The number of carbonyl (C=O) groups excluding carboxylic acids is 3. The number of ether oxygens (including phenoxy) is 6. The van der Waals surface area contributed by atoms with Crippen molar-refractivity contribution < 1.29 is 47.2 Å². The van der Waals surface area contributed by atoms with Crippen molar-refractivity contribution >= 4 is 37.9 Å². The van der Waals surface area contributed by atoms with Gasteiger partial charge in [0.25, 0.3) is 8.32 Å². The van der Waals surface area contributed by atoms with Crippen LogP contribution in [0.3, 0.4) is 0 Å². The van der Waals surface area contributed by atoms with Crippen LogP contribution in [0.2, 0.25) is 18.1 Å². The Morgan fingerprint density at radius 2 is 1.63 bits per heavy atom. The van der Waals surface area contributed by atoms with Gasteiger partial charge in [-0.25, -0.2) is 9.59 Å². The van der Waals surface area contributed by atoms with E-state index in [0.717, 1.165) is 0 Å². The summed E-state index contributed by atoms with van der Waals surface area (Å²) in [6, 6.07) is 3.48. The van der Waals surface area contributed by atoms with E-state index in [4.69, 9.17) is 32.8 Å². The smallest absolute Gasteiger partial charge is 0.414 e. The van der Waals surface area contributed by atoms with Gasteiger partial charge in [-0.1, -0.05) is 45.9 Å². The highest BCUT2D eigenvalue weighted by Crippen LogP contribution is 2.42. The molecular weight excluding hydrogens is 671 g/mol. The maximum absolute atomic E-state index is 14.3. The Bertz CT molecular complexity index is 1530. The van der Waals surface area contributed by atoms with Gasteiger partial charge < -0.3 is 32.8 Å². The molecule has 2 saturated heterocycles. The van der Waals surface area contributed by atoms with Gasteiger partial charge in [-0.15, -0.1) is 0 Å². The minimum atomic E-state index is -2.57. The number of hydrogen-bond acceptors (Lipinski definition) is 10. The zero-order chi connectivity index (χ0) is 38.3. The minimum absolute atomic E-state index is 0.123. The molecule has 11 nitrogen and oxygen atoms in total. The molecule has 2 fully saturated rings. The number of carbonyl (C=O) groups is 3. The monoisotopic (exact) mass is 729 g/mol. The number of ketones is 1. The number of fused-ring (bicyclic) bond motifs is 2. The molecule has 1 amide bonds. The second-order valence-corrected chi connectivity index (χ2v) is 22.0.